The minimum atomic E-state index is -1.54. The number of aliphatic hydroxyl groups excluding tert-OH is 1. The molecule has 0 radical (unpaired) electrons. The zero-order chi connectivity index (χ0) is 8.15. The van der Waals surface area contributed by atoms with Crippen LogP contribution >= 0.6 is 11.6 Å². The number of hydrogen-bond acceptors (Lipinski definition) is 3. The summed E-state index contributed by atoms with van der Waals surface area (Å²) in [4.78, 5) is 20.1. The first-order valence-electron chi connectivity index (χ1n) is 2.58. The molecular weight excluding hydrogens is 160 g/mol. The van der Waals surface area contributed by atoms with Gasteiger partial charge in [-0.25, -0.2) is 4.79 Å². The maximum absolute atomic E-state index is 10.3. The smallest absolute Gasteiger partial charge is 0.372 e. The highest BCUT2D eigenvalue weighted by Crippen LogP contribution is 1.95. The molecule has 0 aromatic heterocycles. The van der Waals surface area contributed by atoms with Gasteiger partial charge in [0.1, 0.15) is 0 Å². The second kappa shape index (κ2) is 4.24. The van der Waals surface area contributed by atoms with Gasteiger partial charge in [-0.05, 0) is 0 Å². The van der Waals surface area contributed by atoms with E-state index in [4.69, 9.17) is 21.8 Å². The molecule has 0 aliphatic carbocycles. The fourth-order valence-corrected chi connectivity index (χ4v) is 0.465. The monoisotopic (exact) mass is 166 g/mol. The Morgan fingerprint density at radius 2 is 2.00 bits per heavy atom. The first-order chi connectivity index (χ1) is 4.57. The third kappa shape index (κ3) is 3.42. The van der Waals surface area contributed by atoms with Crippen molar-refractivity contribution in [3.8, 4) is 0 Å². The van der Waals surface area contributed by atoms with Crippen molar-refractivity contribution in [2.75, 3.05) is 5.88 Å². The lowest BCUT2D eigenvalue weighted by molar-refractivity contribution is -0.149. The molecule has 1 atom stereocenters. The lowest BCUT2D eigenvalue weighted by Gasteiger charge is -2.00. The van der Waals surface area contributed by atoms with E-state index in [1.165, 1.54) is 0 Å². The van der Waals surface area contributed by atoms with Crippen LogP contribution < -0.4 is 0 Å². The lowest BCUT2D eigenvalue weighted by atomic mass is 10.2. The summed E-state index contributed by atoms with van der Waals surface area (Å²) >= 11 is 5.11. The van der Waals surface area contributed by atoms with E-state index < -0.39 is 24.3 Å². The Morgan fingerprint density at radius 3 is 2.30 bits per heavy atom. The van der Waals surface area contributed by atoms with Crippen LogP contribution in [0.25, 0.3) is 0 Å². The molecule has 5 heteroatoms. The predicted molar refractivity (Wildman–Crippen MR) is 34.0 cm³/mol. The van der Waals surface area contributed by atoms with Crippen molar-refractivity contribution in [1.82, 2.24) is 0 Å². The van der Waals surface area contributed by atoms with Gasteiger partial charge < -0.3 is 10.2 Å². The molecule has 0 spiro atoms. The minimum Gasteiger partial charge on any atom is -0.475 e. The van der Waals surface area contributed by atoms with Gasteiger partial charge in [0.05, 0.1) is 6.10 Å². The molecule has 10 heavy (non-hydrogen) atoms. The highest BCUT2D eigenvalue weighted by Gasteiger charge is 2.15. The molecule has 0 fully saturated rings. The van der Waals surface area contributed by atoms with Crippen molar-refractivity contribution in [1.29, 1.82) is 0 Å². The van der Waals surface area contributed by atoms with Gasteiger partial charge in [-0.2, -0.15) is 0 Å². The van der Waals surface area contributed by atoms with E-state index in [0.717, 1.165) is 0 Å². The molecule has 0 aromatic rings. The van der Waals surface area contributed by atoms with Crippen LogP contribution in [0.1, 0.15) is 6.42 Å². The van der Waals surface area contributed by atoms with E-state index in [-0.39, 0.29) is 5.88 Å². The zero-order valence-corrected chi connectivity index (χ0v) is 5.84. The number of carbonyl (C=O) groups excluding carboxylic acids is 1. The molecule has 58 valence electrons. The molecule has 4 nitrogen and oxygen atoms in total. The Labute approximate surface area is 62.4 Å². The standard InChI is InChI=1S/C5H7ClO4/c6-2-3(7)1-4(8)5(9)10/h3,7H,1-2H2,(H,9,10). The van der Waals surface area contributed by atoms with Crippen molar-refractivity contribution < 1.29 is 19.8 Å². The number of carboxylic acids is 1. The SMILES string of the molecule is O=C(O)C(=O)CC(O)CCl. The van der Waals surface area contributed by atoms with Crippen molar-refractivity contribution in [3.63, 3.8) is 0 Å². The van der Waals surface area contributed by atoms with Crippen molar-refractivity contribution >= 4 is 23.4 Å². The first-order valence-corrected chi connectivity index (χ1v) is 3.11. The highest BCUT2D eigenvalue weighted by molar-refractivity contribution is 6.32. The number of carboxylic acid groups (broad SMARTS) is 1. The maximum atomic E-state index is 10.3. The van der Waals surface area contributed by atoms with Crippen LogP contribution in [-0.4, -0.2) is 33.9 Å². The van der Waals surface area contributed by atoms with Crippen LogP contribution in [0.3, 0.4) is 0 Å². The van der Waals surface area contributed by atoms with Gasteiger partial charge in [0.2, 0.25) is 5.78 Å². The lowest BCUT2D eigenvalue weighted by Crippen LogP contribution is -2.21. The summed E-state index contributed by atoms with van der Waals surface area (Å²) in [5.41, 5.74) is 0. The Bertz CT molecular complexity index is 145. The van der Waals surface area contributed by atoms with Crippen molar-refractivity contribution in [3.05, 3.63) is 0 Å². The number of carbonyl (C=O) groups is 2. The van der Waals surface area contributed by atoms with Crippen LogP contribution in [0.2, 0.25) is 0 Å². The molecule has 1 unspecified atom stereocenters. The highest BCUT2D eigenvalue weighted by atomic mass is 35.5. The van der Waals surface area contributed by atoms with Crippen LogP contribution in [0, 0.1) is 0 Å². The molecule has 0 aliphatic rings. The Balaban J connectivity index is 3.68. The molecule has 0 saturated heterocycles. The topological polar surface area (TPSA) is 74.6 Å². The fraction of sp³-hybridized carbons (Fsp3) is 0.600. The number of hydrogen-bond donors (Lipinski definition) is 2. The average molecular weight is 167 g/mol. The summed E-state index contributed by atoms with van der Waals surface area (Å²) in [6.07, 6.45) is -1.47. The van der Waals surface area contributed by atoms with Gasteiger partial charge in [-0.1, -0.05) is 0 Å². The fourth-order valence-electron chi connectivity index (χ4n) is 0.356. The Morgan fingerprint density at radius 1 is 1.50 bits per heavy atom. The predicted octanol–water partition coefficient (Wildman–Crippen LogP) is -0.370. The van der Waals surface area contributed by atoms with Gasteiger partial charge in [-0.15, -0.1) is 11.6 Å². The second-order valence-corrected chi connectivity index (χ2v) is 2.05. The van der Waals surface area contributed by atoms with E-state index in [2.05, 4.69) is 0 Å². The molecule has 0 bridgehead atoms. The number of aliphatic carboxylic acids is 1. The molecule has 0 rings (SSSR count). The second-order valence-electron chi connectivity index (χ2n) is 1.74. The first kappa shape index (κ1) is 9.39. The largest absolute Gasteiger partial charge is 0.475 e. The summed E-state index contributed by atoms with van der Waals surface area (Å²) < 4.78 is 0. The molecule has 2 N–H and O–H groups in total. The van der Waals surface area contributed by atoms with Crippen molar-refractivity contribution in [2.45, 2.75) is 12.5 Å². The molecule has 0 aromatic carbocycles. The van der Waals surface area contributed by atoms with E-state index in [9.17, 15) is 9.59 Å². The Kier molecular flexibility index (Phi) is 3.99. The van der Waals surface area contributed by atoms with Crippen LogP contribution in [0.5, 0.6) is 0 Å². The van der Waals surface area contributed by atoms with Gasteiger partial charge in [-0.3, -0.25) is 4.79 Å². The van der Waals surface area contributed by atoms with Gasteiger partial charge >= 0.3 is 5.97 Å². The Hall–Kier alpha value is -0.610. The summed E-state index contributed by atoms with van der Waals surface area (Å²) in [6, 6.07) is 0. The van der Waals surface area contributed by atoms with Gasteiger partial charge in [0.25, 0.3) is 0 Å². The van der Waals surface area contributed by atoms with Gasteiger partial charge in [0.15, 0.2) is 0 Å². The molecule has 0 amide bonds. The molecule has 0 saturated carbocycles. The zero-order valence-electron chi connectivity index (χ0n) is 5.08. The van der Waals surface area contributed by atoms with Crippen LogP contribution in [-0.2, 0) is 9.59 Å². The number of alkyl halides is 1. The van der Waals surface area contributed by atoms with Gasteiger partial charge in [0, 0.05) is 12.3 Å². The van der Waals surface area contributed by atoms with E-state index >= 15 is 0 Å². The number of aliphatic hydroxyl groups is 1. The van der Waals surface area contributed by atoms with Crippen LogP contribution in [0.4, 0.5) is 0 Å². The number of Topliss-reactive ketones (excluding diaryl/α,β-unsaturated/α-hetero) is 1. The summed E-state index contributed by atoms with van der Waals surface area (Å²) in [7, 11) is 0. The molecule has 0 aliphatic heterocycles. The summed E-state index contributed by atoms with van der Waals surface area (Å²) in [5, 5.41) is 16.7. The maximum Gasteiger partial charge on any atom is 0.372 e. The average Bonchev–Trinajstić information content (AvgIpc) is 1.87. The minimum absolute atomic E-state index is 0.126. The summed E-state index contributed by atoms with van der Waals surface area (Å²) in [5.74, 6) is -2.68. The van der Waals surface area contributed by atoms with Crippen molar-refractivity contribution in [2.24, 2.45) is 0 Å². The van der Waals surface area contributed by atoms with Crippen LogP contribution in [0.15, 0.2) is 0 Å². The molecular formula is C5H7ClO4. The number of rotatable bonds is 4. The molecule has 0 heterocycles. The van der Waals surface area contributed by atoms with E-state index in [1.807, 2.05) is 0 Å². The normalized spacial score (nSPS) is 12.6. The van der Waals surface area contributed by atoms with E-state index in [0.29, 0.717) is 0 Å². The third-order valence-corrected chi connectivity index (χ3v) is 1.19. The number of ketones is 1. The third-order valence-electron chi connectivity index (χ3n) is 0.838. The van der Waals surface area contributed by atoms with E-state index in [1.54, 1.807) is 0 Å². The number of halogens is 1. The quantitative estimate of drug-likeness (QED) is 0.442. The summed E-state index contributed by atoms with van der Waals surface area (Å²) in [6.45, 7) is 0.